The lowest BCUT2D eigenvalue weighted by atomic mass is 10.0. The lowest BCUT2D eigenvalue weighted by Crippen LogP contribution is -2.52. The lowest BCUT2D eigenvalue weighted by Gasteiger charge is -2.42. The van der Waals surface area contributed by atoms with E-state index in [1.807, 2.05) is 13.1 Å². The third-order valence-electron chi connectivity index (χ3n) is 5.35. The fourth-order valence-corrected chi connectivity index (χ4v) is 3.96. The van der Waals surface area contributed by atoms with Crippen molar-refractivity contribution >= 4 is 17.3 Å². The molecule has 128 valence electrons. The first-order valence-corrected chi connectivity index (χ1v) is 9.14. The van der Waals surface area contributed by atoms with Gasteiger partial charge in [-0.3, -0.25) is 9.80 Å². The Labute approximate surface area is 145 Å². The van der Waals surface area contributed by atoms with Crippen LogP contribution in [0, 0.1) is 0 Å². The molecule has 23 heavy (non-hydrogen) atoms. The van der Waals surface area contributed by atoms with Crippen molar-refractivity contribution in [3.05, 3.63) is 28.8 Å². The highest BCUT2D eigenvalue weighted by atomic mass is 35.5. The largest absolute Gasteiger partial charge is 0.388 e. The molecule has 2 heterocycles. The van der Waals surface area contributed by atoms with E-state index >= 15 is 0 Å². The van der Waals surface area contributed by atoms with Crippen LogP contribution < -0.4 is 5.32 Å². The first-order chi connectivity index (χ1) is 11.2. The zero-order valence-electron chi connectivity index (χ0n) is 14.4. The van der Waals surface area contributed by atoms with Gasteiger partial charge < -0.3 is 10.2 Å². The minimum absolute atomic E-state index is 0.798. The average molecular weight is 337 g/mol. The third kappa shape index (κ3) is 4.38. The molecule has 1 aromatic rings. The van der Waals surface area contributed by atoms with Gasteiger partial charge in [0.05, 0.1) is 0 Å². The number of nitrogens with one attached hydrogen (secondary N) is 1. The molecule has 0 saturated carbocycles. The molecule has 1 aromatic carbocycles. The van der Waals surface area contributed by atoms with Gasteiger partial charge >= 0.3 is 0 Å². The van der Waals surface area contributed by atoms with Crippen molar-refractivity contribution in [2.24, 2.45) is 0 Å². The molecular weight excluding hydrogens is 308 g/mol. The predicted octanol–water partition coefficient (Wildman–Crippen LogP) is 2.59. The highest BCUT2D eigenvalue weighted by Gasteiger charge is 2.26. The molecule has 0 spiro atoms. The third-order valence-corrected chi connectivity index (χ3v) is 5.70. The topological polar surface area (TPSA) is 21.8 Å². The number of nitrogens with zero attached hydrogens (tertiary/aromatic N) is 3. The SMILES string of the molecule is CNc1ccc(CN2CCN(C3CCN(C)CC3)CC2)c(Cl)c1. The fraction of sp³-hybridized carbons (Fsp3) is 0.667. The number of likely N-dealkylation sites (tertiary alicyclic amines) is 1. The summed E-state index contributed by atoms with van der Waals surface area (Å²) in [6.07, 6.45) is 2.65. The number of rotatable bonds is 4. The molecule has 0 atom stereocenters. The molecule has 2 saturated heterocycles. The Hall–Kier alpha value is -0.810. The van der Waals surface area contributed by atoms with Crippen molar-refractivity contribution in [1.82, 2.24) is 14.7 Å². The summed E-state index contributed by atoms with van der Waals surface area (Å²) in [5, 5.41) is 4.01. The Bertz CT molecular complexity index is 506. The molecule has 5 heteroatoms. The minimum atomic E-state index is 0.798. The summed E-state index contributed by atoms with van der Waals surface area (Å²) in [6, 6.07) is 7.07. The van der Waals surface area contributed by atoms with Crippen LogP contribution in [0.3, 0.4) is 0 Å². The van der Waals surface area contributed by atoms with Crippen molar-refractivity contribution in [1.29, 1.82) is 0 Å². The Morgan fingerprint density at radius 1 is 1.09 bits per heavy atom. The van der Waals surface area contributed by atoms with Gasteiger partial charge in [-0.05, 0) is 50.7 Å². The lowest BCUT2D eigenvalue weighted by molar-refractivity contribution is 0.0618. The molecule has 0 unspecified atom stereocenters. The smallest absolute Gasteiger partial charge is 0.0471 e. The molecule has 4 nitrogen and oxygen atoms in total. The van der Waals surface area contributed by atoms with Gasteiger partial charge in [-0.2, -0.15) is 0 Å². The van der Waals surface area contributed by atoms with E-state index < -0.39 is 0 Å². The first kappa shape index (κ1) is 17.0. The van der Waals surface area contributed by atoms with E-state index in [2.05, 4.69) is 39.2 Å². The number of hydrogen-bond acceptors (Lipinski definition) is 4. The van der Waals surface area contributed by atoms with Crippen molar-refractivity contribution in [2.45, 2.75) is 25.4 Å². The fourth-order valence-electron chi connectivity index (χ4n) is 3.72. The van der Waals surface area contributed by atoms with E-state index in [0.717, 1.165) is 36.4 Å². The summed E-state index contributed by atoms with van der Waals surface area (Å²) in [6.45, 7) is 8.15. The number of hydrogen-bond donors (Lipinski definition) is 1. The standard InChI is InChI=1S/C18H29ClN4/c1-20-16-4-3-15(18(19)13-16)14-22-9-11-23(12-10-22)17-5-7-21(2)8-6-17/h3-4,13,17,20H,5-12,14H2,1-2H3. The molecule has 2 aliphatic heterocycles. The van der Waals surface area contributed by atoms with Crippen LogP contribution in [0.1, 0.15) is 18.4 Å². The molecule has 0 amide bonds. The molecule has 0 aromatic heterocycles. The van der Waals surface area contributed by atoms with Gasteiger partial charge in [-0.1, -0.05) is 17.7 Å². The normalized spacial score (nSPS) is 22.4. The van der Waals surface area contributed by atoms with E-state index in [1.54, 1.807) is 0 Å². The molecule has 2 fully saturated rings. The van der Waals surface area contributed by atoms with E-state index in [0.29, 0.717) is 0 Å². The van der Waals surface area contributed by atoms with Crippen LogP contribution in [-0.2, 0) is 6.54 Å². The number of piperazine rings is 1. The molecule has 0 radical (unpaired) electrons. The Balaban J connectivity index is 1.49. The van der Waals surface area contributed by atoms with E-state index in [4.69, 9.17) is 11.6 Å². The Kier molecular flexibility index (Phi) is 5.81. The number of benzene rings is 1. The average Bonchev–Trinajstić information content (AvgIpc) is 2.58. The van der Waals surface area contributed by atoms with Crippen molar-refractivity contribution < 1.29 is 0 Å². The van der Waals surface area contributed by atoms with Gasteiger partial charge in [0.15, 0.2) is 0 Å². The van der Waals surface area contributed by atoms with Gasteiger partial charge in [0.25, 0.3) is 0 Å². The van der Waals surface area contributed by atoms with Gasteiger partial charge in [0, 0.05) is 56.5 Å². The van der Waals surface area contributed by atoms with Crippen LogP contribution in [0.15, 0.2) is 18.2 Å². The summed E-state index contributed by atoms with van der Waals surface area (Å²) in [5.41, 5.74) is 2.31. The number of halogens is 1. The van der Waals surface area contributed by atoms with Crippen LogP contribution in [0.2, 0.25) is 5.02 Å². The number of piperidine rings is 1. The van der Waals surface area contributed by atoms with Crippen molar-refractivity contribution in [3.8, 4) is 0 Å². The highest BCUT2D eigenvalue weighted by molar-refractivity contribution is 6.31. The quantitative estimate of drug-likeness (QED) is 0.912. The highest BCUT2D eigenvalue weighted by Crippen LogP contribution is 2.23. The maximum absolute atomic E-state index is 6.41. The molecule has 0 aliphatic carbocycles. The number of anilines is 1. The maximum atomic E-state index is 6.41. The van der Waals surface area contributed by atoms with E-state index in [-0.39, 0.29) is 0 Å². The van der Waals surface area contributed by atoms with E-state index in [9.17, 15) is 0 Å². The summed E-state index contributed by atoms with van der Waals surface area (Å²) < 4.78 is 0. The van der Waals surface area contributed by atoms with Crippen LogP contribution in [0.4, 0.5) is 5.69 Å². The van der Waals surface area contributed by atoms with Gasteiger partial charge in [-0.15, -0.1) is 0 Å². The van der Waals surface area contributed by atoms with Gasteiger partial charge in [-0.25, -0.2) is 0 Å². The first-order valence-electron chi connectivity index (χ1n) is 8.77. The summed E-state index contributed by atoms with van der Waals surface area (Å²) >= 11 is 6.41. The molecule has 2 aliphatic rings. The summed E-state index contributed by atoms with van der Waals surface area (Å²) in [5.74, 6) is 0. The minimum Gasteiger partial charge on any atom is -0.388 e. The Morgan fingerprint density at radius 2 is 1.78 bits per heavy atom. The van der Waals surface area contributed by atoms with Gasteiger partial charge in [0.1, 0.15) is 0 Å². The van der Waals surface area contributed by atoms with Crippen LogP contribution in [-0.4, -0.2) is 74.1 Å². The zero-order chi connectivity index (χ0) is 16.2. The summed E-state index contributed by atoms with van der Waals surface area (Å²) in [7, 11) is 4.16. The van der Waals surface area contributed by atoms with Crippen LogP contribution in [0.25, 0.3) is 0 Å². The van der Waals surface area contributed by atoms with Crippen LogP contribution in [0.5, 0.6) is 0 Å². The van der Waals surface area contributed by atoms with Crippen molar-refractivity contribution in [3.63, 3.8) is 0 Å². The van der Waals surface area contributed by atoms with E-state index in [1.165, 1.54) is 44.6 Å². The summed E-state index contributed by atoms with van der Waals surface area (Å²) in [4.78, 5) is 7.69. The second-order valence-electron chi connectivity index (χ2n) is 6.90. The molecule has 0 bridgehead atoms. The molecule has 3 rings (SSSR count). The van der Waals surface area contributed by atoms with Gasteiger partial charge in [0.2, 0.25) is 0 Å². The molecular formula is C18H29ClN4. The zero-order valence-corrected chi connectivity index (χ0v) is 15.1. The Morgan fingerprint density at radius 3 is 2.39 bits per heavy atom. The second kappa shape index (κ2) is 7.84. The predicted molar refractivity (Wildman–Crippen MR) is 98.4 cm³/mol. The second-order valence-corrected chi connectivity index (χ2v) is 7.31. The maximum Gasteiger partial charge on any atom is 0.0471 e. The monoisotopic (exact) mass is 336 g/mol. The van der Waals surface area contributed by atoms with Crippen LogP contribution >= 0.6 is 11.6 Å². The molecule has 1 N–H and O–H groups in total. The van der Waals surface area contributed by atoms with Crippen molar-refractivity contribution in [2.75, 3.05) is 58.7 Å².